The zero-order valence-corrected chi connectivity index (χ0v) is 10.2. The van der Waals surface area contributed by atoms with Gasteiger partial charge in [0, 0.05) is 25.8 Å². The second-order valence-electron chi connectivity index (χ2n) is 2.52. The summed E-state index contributed by atoms with van der Waals surface area (Å²) in [7, 11) is 0. The van der Waals surface area contributed by atoms with Gasteiger partial charge in [-0.2, -0.15) is 0 Å². The van der Waals surface area contributed by atoms with Crippen molar-refractivity contribution in [3.05, 3.63) is 23.8 Å². The third-order valence-electron chi connectivity index (χ3n) is 1.67. The van der Waals surface area contributed by atoms with Crippen molar-refractivity contribution in [2.45, 2.75) is 32.6 Å². The molecule has 0 saturated carbocycles. The average Bonchev–Trinajstić information content (AvgIpc) is 2.34. The number of hydrogen-bond acceptors (Lipinski definition) is 0. The van der Waals surface area contributed by atoms with E-state index >= 15 is 0 Å². The van der Waals surface area contributed by atoms with E-state index in [9.17, 15) is 0 Å². The number of rotatable bonds is 3. The number of allylic oxidation sites excluding steroid dienone is 4. The van der Waals surface area contributed by atoms with Crippen molar-refractivity contribution in [3.8, 4) is 0 Å². The van der Waals surface area contributed by atoms with Crippen molar-refractivity contribution >= 4 is 0 Å². The van der Waals surface area contributed by atoms with Crippen molar-refractivity contribution in [1.29, 1.82) is 0 Å². The molecule has 0 aromatic carbocycles. The van der Waals surface area contributed by atoms with Crippen molar-refractivity contribution in [1.82, 2.24) is 0 Å². The monoisotopic (exact) mass is 302 g/mol. The van der Waals surface area contributed by atoms with Gasteiger partial charge < -0.3 is 0 Å². The molecule has 0 amide bonds. The van der Waals surface area contributed by atoms with Crippen LogP contribution in [0.5, 0.6) is 0 Å². The summed E-state index contributed by atoms with van der Waals surface area (Å²) >= 11 is 0. The summed E-state index contributed by atoms with van der Waals surface area (Å²) in [6.45, 7) is 2.24. The van der Waals surface area contributed by atoms with Gasteiger partial charge >= 0.3 is 0 Å². The first-order valence-corrected chi connectivity index (χ1v) is 3.79. The van der Waals surface area contributed by atoms with Crippen molar-refractivity contribution in [2.75, 3.05) is 0 Å². The molecule has 0 saturated heterocycles. The second kappa shape index (κ2) is 6.09. The standard InChI is InChI=1S/C9H14.Hf/c1-2-3-6-9-7-4-5-8-9;/h4,7-8H,2-3,5-6H2,1H3;. The van der Waals surface area contributed by atoms with Crippen LogP contribution >= 0.6 is 0 Å². The Morgan fingerprint density at radius 3 is 2.80 bits per heavy atom. The Morgan fingerprint density at radius 2 is 2.30 bits per heavy atom. The number of unbranched alkanes of at least 4 members (excludes halogenated alkanes) is 1. The molecule has 0 aromatic rings. The fourth-order valence-corrected chi connectivity index (χ4v) is 1.07. The van der Waals surface area contributed by atoms with Crippen LogP contribution in [0, 0.1) is 0 Å². The van der Waals surface area contributed by atoms with Gasteiger partial charge in [-0.05, 0) is 19.3 Å². The van der Waals surface area contributed by atoms with Gasteiger partial charge in [0.15, 0.2) is 0 Å². The first-order valence-electron chi connectivity index (χ1n) is 3.79. The number of hydrogen-bond donors (Lipinski definition) is 0. The first kappa shape index (κ1) is 10.4. The summed E-state index contributed by atoms with van der Waals surface area (Å²) in [4.78, 5) is 0. The van der Waals surface area contributed by atoms with Crippen molar-refractivity contribution < 1.29 is 25.8 Å². The molecule has 1 aliphatic carbocycles. The third kappa shape index (κ3) is 3.50. The van der Waals surface area contributed by atoms with Crippen LogP contribution in [0.1, 0.15) is 32.6 Å². The van der Waals surface area contributed by atoms with E-state index in [-0.39, 0.29) is 25.8 Å². The Kier molecular flexibility index (Phi) is 6.30. The van der Waals surface area contributed by atoms with Gasteiger partial charge in [-0.15, -0.1) is 0 Å². The summed E-state index contributed by atoms with van der Waals surface area (Å²) < 4.78 is 0. The maximum atomic E-state index is 2.32. The molecule has 0 atom stereocenters. The minimum Gasteiger partial charge on any atom is -0.0805 e. The van der Waals surface area contributed by atoms with Crippen LogP contribution in [0.2, 0.25) is 0 Å². The van der Waals surface area contributed by atoms with E-state index in [1.54, 1.807) is 0 Å². The van der Waals surface area contributed by atoms with Gasteiger partial charge in [0.2, 0.25) is 0 Å². The van der Waals surface area contributed by atoms with E-state index in [2.05, 4.69) is 25.2 Å². The smallest absolute Gasteiger partial charge is 0 e. The predicted octanol–water partition coefficient (Wildman–Crippen LogP) is 3.06. The summed E-state index contributed by atoms with van der Waals surface area (Å²) in [6.07, 6.45) is 11.9. The van der Waals surface area contributed by atoms with E-state index < -0.39 is 0 Å². The summed E-state index contributed by atoms with van der Waals surface area (Å²) in [5.74, 6) is 0. The molecule has 1 heteroatoms. The van der Waals surface area contributed by atoms with Gasteiger partial charge in [-0.3, -0.25) is 0 Å². The van der Waals surface area contributed by atoms with E-state index in [4.69, 9.17) is 0 Å². The first-order chi connectivity index (χ1) is 4.43. The molecule has 0 heterocycles. The SMILES string of the molecule is CCCCC1=CCC=C1.[Hf]. The van der Waals surface area contributed by atoms with Crippen LogP contribution in [0.4, 0.5) is 0 Å². The van der Waals surface area contributed by atoms with E-state index in [1.165, 1.54) is 31.3 Å². The summed E-state index contributed by atoms with van der Waals surface area (Å²) in [5.41, 5.74) is 1.54. The normalized spacial score (nSPS) is 14.7. The van der Waals surface area contributed by atoms with E-state index in [0.717, 1.165) is 0 Å². The summed E-state index contributed by atoms with van der Waals surface area (Å²) in [6, 6.07) is 0. The predicted molar refractivity (Wildman–Crippen MR) is 41.4 cm³/mol. The Balaban J connectivity index is 0.000000810. The van der Waals surface area contributed by atoms with Gasteiger partial charge in [0.1, 0.15) is 0 Å². The van der Waals surface area contributed by atoms with Gasteiger partial charge in [-0.25, -0.2) is 0 Å². The zero-order valence-electron chi connectivity index (χ0n) is 6.56. The molecule has 1 aliphatic rings. The molecule has 0 aromatic heterocycles. The molecule has 0 nitrogen and oxygen atoms in total. The molecule has 0 N–H and O–H groups in total. The van der Waals surface area contributed by atoms with Gasteiger partial charge in [0.25, 0.3) is 0 Å². The maximum Gasteiger partial charge on any atom is 0 e. The minimum absolute atomic E-state index is 0. The van der Waals surface area contributed by atoms with Gasteiger partial charge in [-0.1, -0.05) is 37.1 Å². The van der Waals surface area contributed by atoms with Gasteiger partial charge in [0.05, 0.1) is 0 Å². The molecule has 1 rings (SSSR count). The van der Waals surface area contributed by atoms with Crippen LogP contribution in [-0.2, 0) is 25.8 Å². The Bertz CT molecular complexity index is 134. The van der Waals surface area contributed by atoms with Crippen molar-refractivity contribution in [2.24, 2.45) is 0 Å². The zero-order chi connectivity index (χ0) is 6.53. The molecule has 0 radical (unpaired) electrons. The van der Waals surface area contributed by atoms with Crippen LogP contribution in [0.3, 0.4) is 0 Å². The Morgan fingerprint density at radius 1 is 1.50 bits per heavy atom. The van der Waals surface area contributed by atoms with E-state index in [1.807, 2.05) is 0 Å². The van der Waals surface area contributed by atoms with Crippen LogP contribution in [0.15, 0.2) is 23.8 Å². The van der Waals surface area contributed by atoms with Crippen molar-refractivity contribution in [3.63, 3.8) is 0 Å². The molecular weight excluding hydrogens is 287 g/mol. The molecule has 0 unspecified atom stereocenters. The molecular formula is C9H14Hf. The Labute approximate surface area is 82.2 Å². The van der Waals surface area contributed by atoms with E-state index in [0.29, 0.717) is 0 Å². The molecule has 10 heavy (non-hydrogen) atoms. The molecule has 54 valence electrons. The molecule has 0 spiro atoms. The minimum atomic E-state index is 0. The quantitative estimate of drug-likeness (QED) is 0.703. The third-order valence-corrected chi connectivity index (χ3v) is 1.67. The fourth-order valence-electron chi connectivity index (χ4n) is 1.07. The maximum absolute atomic E-state index is 2.32. The molecule has 0 aliphatic heterocycles. The largest absolute Gasteiger partial charge is 0.0805 e. The van der Waals surface area contributed by atoms with Crippen LogP contribution in [-0.4, -0.2) is 0 Å². The van der Waals surface area contributed by atoms with Crippen LogP contribution < -0.4 is 0 Å². The summed E-state index contributed by atoms with van der Waals surface area (Å²) in [5, 5.41) is 0. The topological polar surface area (TPSA) is 0 Å². The molecule has 0 bridgehead atoms. The fraction of sp³-hybridized carbons (Fsp3) is 0.556. The molecule has 0 fully saturated rings. The average molecular weight is 301 g/mol. The second-order valence-corrected chi connectivity index (χ2v) is 2.52. The van der Waals surface area contributed by atoms with Crippen LogP contribution in [0.25, 0.3) is 0 Å². The Hall–Kier alpha value is 0.350.